The number of carbonyl (C=O) groups is 2. The normalized spacial score (nSPS) is 18.9. The van der Waals surface area contributed by atoms with Gasteiger partial charge in [0.2, 0.25) is 5.91 Å². The average Bonchev–Trinajstić information content (AvgIpc) is 3.51. The van der Waals surface area contributed by atoms with Gasteiger partial charge >= 0.3 is 0 Å². The number of benzene rings is 1. The lowest BCUT2D eigenvalue weighted by Crippen LogP contribution is -2.49. The van der Waals surface area contributed by atoms with E-state index in [0.717, 1.165) is 51.3 Å². The highest BCUT2D eigenvalue weighted by Crippen LogP contribution is 2.30. The van der Waals surface area contributed by atoms with Gasteiger partial charge in [-0.15, -0.1) is 0 Å². The second kappa shape index (κ2) is 9.33. The third-order valence-electron chi connectivity index (χ3n) is 5.17. The van der Waals surface area contributed by atoms with E-state index in [1.54, 1.807) is 24.3 Å². The van der Waals surface area contributed by atoms with Crippen LogP contribution in [-0.4, -0.2) is 55.6 Å². The molecule has 3 rings (SSSR count). The quantitative estimate of drug-likeness (QED) is 0.735. The van der Waals surface area contributed by atoms with Crippen molar-refractivity contribution in [2.45, 2.75) is 39.2 Å². The van der Waals surface area contributed by atoms with E-state index in [1.807, 2.05) is 0 Å². The molecule has 6 heteroatoms. The maximum absolute atomic E-state index is 12.5. The van der Waals surface area contributed by atoms with Gasteiger partial charge < -0.3 is 15.4 Å². The Labute approximate surface area is 161 Å². The van der Waals surface area contributed by atoms with Crippen LogP contribution < -0.4 is 10.6 Å². The molecule has 148 valence electrons. The Balaban J connectivity index is 1.52. The molecule has 2 fully saturated rings. The predicted octanol–water partition coefficient (Wildman–Crippen LogP) is 2.51. The van der Waals surface area contributed by atoms with Crippen molar-refractivity contribution in [1.82, 2.24) is 10.2 Å². The maximum Gasteiger partial charge on any atom is 0.251 e. The van der Waals surface area contributed by atoms with Gasteiger partial charge in [-0.3, -0.25) is 14.5 Å². The topological polar surface area (TPSA) is 70.7 Å². The highest BCUT2D eigenvalue weighted by Gasteiger charge is 2.29. The zero-order valence-corrected chi connectivity index (χ0v) is 16.4. The zero-order chi connectivity index (χ0) is 19.2. The molecule has 0 aromatic heterocycles. The number of hydrogen-bond acceptors (Lipinski definition) is 4. The fourth-order valence-electron chi connectivity index (χ4n) is 3.46. The minimum atomic E-state index is -0.0721. The maximum atomic E-state index is 12.5. The molecule has 2 N–H and O–H groups in total. The number of rotatable bonds is 8. The van der Waals surface area contributed by atoms with Crippen LogP contribution in [0.5, 0.6) is 0 Å². The van der Waals surface area contributed by atoms with Crippen LogP contribution in [0.4, 0.5) is 5.69 Å². The molecular weight excluding hydrogens is 342 g/mol. The van der Waals surface area contributed by atoms with Crippen LogP contribution in [0.3, 0.4) is 0 Å². The summed E-state index contributed by atoms with van der Waals surface area (Å²) in [7, 11) is 0. The lowest BCUT2D eigenvalue weighted by Gasteiger charge is -2.35. The molecule has 1 aliphatic carbocycles. The highest BCUT2D eigenvalue weighted by atomic mass is 16.5. The first-order valence-corrected chi connectivity index (χ1v) is 10.0. The van der Waals surface area contributed by atoms with Gasteiger partial charge in [0.1, 0.15) is 0 Å². The number of amides is 2. The van der Waals surface area contributed by atoms with Gasteiger partial charge in [0, 0.05) is 42.8 Å². The van der Waals surface area contributed by atoms with Crippen LogP contribution in [0.15, 0.2) is 24.3 Å². The summed E-state index contributed by atoms with van der Waals surface area (Å²) < 4.78 is 5.45. The monoisotopic (exact) mass is 373 g/mol. The van der Waals surface area contributed by atoms with Gasteiger partial charge in [0.15, 0.2) is 0 Å². The summed E-state index contributed by atoms with van der Waals surface area (Å²) in [5, 5.41) is 5.98. The van der Waals surface area contributed by atoms with E-state index < -0.39 is 0 Å². The molecule has 0 spiro atoms. The van der Waals surface area contributed by atoms with Crippen LogP contribution in [0.2, 0.25) is 0 Å². The summed E-state index contributed by atoms with van der Waals surface area (Å²) >= 11 is 0. The first-order valence-electron chi connectivity index (χ1n) is 10.0. The molecule has 1 aromatic carbocycles. The minimum absolute atomic E-state index is 0.0721. The lowest BCUT2D eigenvalue weighted by molar-refractivity contribution is -0.117. The molecule has 1 aliphatic heterocycles. The molecule has 1 atom stereocenters. The molecule has 2 aliphatic rings. The number of anilines is 1. The number of morpholine rings is 1. The van der Waals surface area contributed by atoms with E-state index in [0.29, 0.717) is 24.1 Å². The summed E-state index contributed by atoms with van der Waals surface area (Å²) in [6.45, 7) is 8.42. The first-order chi connectivity index (χ1) is 13.0. The highest BCUT2D eigenvalue weighted by molar-refractivity contribution is 5.96. The van der Waals surface area contributed by atoms with E-state index in [2.05, 4.69) is 29.4 Å². The van der Waals surface area contributed by atoms with E-state index >= 15 is 0 Å². The fraction of sp³-hybridized carbons (Fsp3) is 0.619. The summed E-state index contributed by atoms with van der Waals surface area (Å²) in [5.74, 6) is 0.751. The van der Waals surface area contributed by atoms with E-state index in [1.165, 1.54) is 0 Å². The fourth-order valence-corrected chi connectivity index (χ4v) is 3.46. The van der Waals surface area contributed by atoms with Gasteiger partial charge in [-0.2, -0.15) is 0 Å². The van der Waals surface area contributed by atoms with E-state index in [-0.39, 0.29) is 17.7 Å². The number of nitrogens with one attached hydrogen (secondary N) is 2. The Bertz CT molecular complexity index is 635. The van der Waals surface area contributed by atoms with Gasteiger partial charge in [-0.1, -0.05) is 13.8 Å². The molecule has 1 heterocycles. The van der Waals surface area contributed by atoms with Crippen molar-refractivity contribution < 1.29 is 14.3 Å². The Hall–Kier alpha value is -1.92. The van der Waals surface area contributed by atoms with Gasteiger partial charge in [-0.25, -0.2) is 0 Å². The summed E-state index contributed by atoms with van der Waals surface area (Å²) in [4.78, 5) is 26.8. The van der Waals surface area contributed by atoms with Gasteiger partial charge in [0.25, 0.3) is 5.91 Å². The SMILES string of the molecule is CC(C)CC(CNC(=O)c1ccc(NC(=O)C2CC2)cc1)N1CCOCC1. The molecule has 1 unspecified atom stereocenters. The van der Waals surface area contributed by atoms with Crippen LogP contribution >= 0.6 is 0 Å². The third-order valence-corrected chi connectivity index (χ3v) is 5.17. The van der Waals surface area contributed by atoms with Gasteiger partial charge in [0.05, 0.1) is 13.2 Å². The lowest BCUT2D eigenvalue weighted by atomic mass is 10.0. The summed E-state index contributed by atoms with van der Waals surface area (Å²) in [5.41, 5.74) is 1.36. The molecule has 1 saturated heterocycles. The first kappa shape index (κ1) is 19.8. The molecule has 1 saturated carbocycles. The van der Waals surface area contributed by atoms with Crippen LogP contribution in [-0.2, 0) is 9.53 Å². The van der Waals surface area contributed by atoms with Crippen LogP contribution in [0.1, 0.15) is 43.5 Å². The van der Waals surface area contributed by atoms with Gasteiger partial charge in [-0.05, 0) is 49.4 Å². The number of hydrogen-bond donors (Lipinski definition) is 2. The molecular formula is C21H31N3O3. The largest absolute Gasteiger partial charge is 0.379 e. The molecule has 1 aromatic rings. The number of carbonyl (C=O) groups excluding carboxylic acids is 2. The van der Waals surface area contributed by atoms with Crippen LogP contribution in [0.25, 0.3) is 0 Å². The Morgan fingerprint density at radius 3 is 2.41 bits per heavy atom. The zero-order valence-electron chi connectivity index (χ0n) is 16.4. The molecule has 2 amide bonds. The Morgan fingerprint density at radius 2 is 1.81 bits per heavy atom. The second-order valence-corrected chi connectivity index (χ2v) is 7.98. The van der Waals surface area contributed by atoms with Crippen molar-refractivity contribution in [1.29, 1.82) is 0 Å². The standard InChI is InChI=1S/C21H31N3O3/c1-15(2)13-19(24-9-11-27-12-10-24)14-22-20(25)16-5-7-18(8-6-16)23-21(26)17-3-4-17/h5-8,15,17,19H,3-4,9-14H2,1-2H3,(H,22,25)(H,23,26). The van der Waals surface area contributed by atoms with Crippen molar-refractivity contribution in [2.24, 2.45) is 11.8 Å². The average molecular weight is 373 g/mol. The van der Waals surface area contributed by atoms with Crippen molar-refractivity contribution in [2.75, 3.05) is 38.2 Å². The van der Waals surface area contributed by atoms with Crippen molar-refractivity contribution >= 4 is 17.5 Å². The summed E-state index contributed by atoms with van der Waals surface area (Å²) in [6.07, 6.45) is 3.01. The van der Waals surface area contributed by atoms with Crippen molar-refractivity contribution in [3.63, 3.8) is 0 Å². The predicted molar refractivity (Wildman–Crippen MR) is 106 cm³/mol. The third kappa shape index (κ3) is 6.04. The van der Waals surface area contributed by atoms with E-state index in [9.17, 15) is 9.59 Å². The Kier molecular flexibility index (Phi) is 6.85. The van der Waals surface area contributed by atoms with E-state index in [4.69, 9.17) is 4.74 Å². The molecule has 27 heavy (non-hydrogen) atoms. The molecule has 0 bridgehead atoms. The van der Waals surface area contributed by atoms with Crippen molar-refractivity contribution in [3.8, 4) is 0 Å². The number of nitrogens with zero attached hydrogens (tertiary/aromatic N) is 1. The molecule has 6 nitrogen and oxygen atoms in total. The second-order valence-electron chi connectivity index (χ2n) is 7.98. The summed E-state index contributed by atoms with van der Waals surface area (Å²) in [6, 6.07) is 7.45. The number of ether oxygens (including phenoxy) is 1. The van der Waals surface area contributed by atoms with Crippen molar-refractivity contribution in [3.05, 3.63) is 29.8 Å². The molecule has 0 radical (unpaired) electrons. The minimum Gasteiger partial charge on any atom is -0.379 e. The Morgan fingerprint density at radius 1 is 1.15 bits per heavy atom. The smallest absolute Gasteiger partial charge is 0.251 e. The van der Waals surface area contributed by atoms with Crippen LogP contribution in [0, 0.1) is 11.8 Å².